The zero-order chi connectivity index (χ0) is 13.5. The van der Waals surface area contributed by atoms with Crippen LogP contribution in [0, 0.1) is 11.8 Å². The summed E-state index contributed by atoms with van der Waals surface area (Å²) < 4.78 is 0. The second kappa shape index (κ2) is 6.23. The second-order valence-electron chi connectivity index (χ2n) is 3.44. The van der Waals surface area contributed by atoms with Crippen LogP contribution in [0.1, 0.15) is 21.7 Å². The lowest BCUT2D eigenvalue weighted by molar-refractivity contribution is 0.0949. The van der Waals surface area contributed by atoms with Crippen molar-refractivity contribution in [3.05, 3.63) is 35.4 Å². The van der Waals surface area contributed by atoms with Gasteiger partial charge in [-0.15, -0.1) is 10.2 Å². The van der Waals surface area contributed by atoms with Gasteiger partial charge in [-0.3, -0.25) is 9.78 Å². The van der Waals surface area contributed by atoms with Gasteiger partial charge in [0.15, 0.2) is 5.82 Å². The van der Waals surface area contributed by atoms with Gasteiger partial charge in [0.1, 0.15) is 0 Å². The molecule has 1 amide bonds. The molecule has 2 heterocycles. The Labute approximate surface area is 108 Å². The molecule has 4 N–H and O–H groups in total. The van der Waals surface area contributed by atoms with Crippen LogP contribution in [0.4, 0.5) is 0 Å². The van der Waals surface area contributed by atoms with Crippen LogP contribution in [0.2, 0.25) is 0 Å². The number of carbonyl (C=O) groups is 1. The van der Waals surface area contributed by atoms with E-state index in [9.17, 15) is 4.79 Å². The highest BCUT2D eigenvalue weighted by Crippen LogP contribution is 2.05. The standard InChI is InChI=1S/C11H11N7O/c12-4-1-2-8-6-13-5-3-9(8)11(19)14-7-10-15-17-18-16-10/h3,5-6H,4,7,12H2,(H,14,19)(H,15,16,17,18). The van der Waals surface area contributed by atoms with Crippen molar-refractivity contribution in [3.63, 3.8) is 0 Å². The number of amides is 1. The van der Waals surface area contributed by atoms with Crippen LogP contribution in [-0.4, -0.2) is 38.1 Å². The molecule has 96 valence electrons. The molecule has 0 bridgehead atoms. The molecule has 0 radical (unpaired) electrons. The predicted octanol–water partition coefficient (Wildman–Crippen LogP) is -1.17. The third-order valence-electron chi connectivity index (χ3n) is 2.19. The molecule has 0 saturated heterocycles. The van der Waals surface area contributed by atoms with Gasteiger partial charge >= 0.3 is 0 Å². The first kappa shape index (κ1) is 12.7. The van der Waals surface area contributed by atoms with Crippen molar-refractivity contribution in [1.29, 1.82) is 0 Å². The van der Waals surface area contributed by atoms with Crippen molar-refractivity contribution in [2.24, 2.45) is 5.73 Å². The minimum atomic E-state index is -0.284. The molecule has 0 aliphatic rings. The van der Waals surface area contributed by atoms with Gasteiger partial charge in [-0.25, -0.2) is 0 Å². The summed E-state index contributed by atoms with van der Waals surface area (Å²) in [6, 6.07) is 1.59. The fraction of sp³-hybridized carbons (Fsp3) is 0.182. The summed E-state index contributed by atoms with van der Waals surface area (Å²) in [5.74, 6) is 5.60. The first-order valence-electron chi connectivity index (χ1n) is 5.44. The molecule has 0 aromatic carbocycles. The summed E-state index contributed by atoms with van der Waals surface area (Å²) >= 11 is 0. The summed E-state index contributed by atoms with van der Waals surface area (Å²) in [6.07, 6.45) is 3.04. The molecule has 0 aliphatic carbocycles. The first-order chi connectivity index (χ1) is 9.31. The van der Waals surface area contributed by atoms with E-state index < -0.39 is 0 Å². The zero-order valence-electron chi connectivity index (χ0n) is 9.92. The number of H-pyrrole nitrogens is 1. The zero-order valence-corrected chi connectivity index (χ0v) is 9.92. The van der Waals surface area contributed by atoms with E-state index in [1.54, 1.807) is 6.07 Å². The number of hydrogen-bond donors (Lipinski definition) is 3. The summed E-state index contributed by atoms with van der Waals surface area (Å²) in [7, 11) is 0. The quantitative estimate of drug-likeness (QED) is 0.596. The fourth-order valence-electron chi connectivity index (χ4n) is 1.35. The lowest BCUT2D eigenvalue weighted by atomic mass is 10.1. The Balaban J connectivity index is 2.10. The molecule has 0 fully saturated rings. The van der Waals surface area contributed by atoms with E-state index in [0.717, 1.165) is 0 Å². The fourth-order valence-corrected chi connectivity index (χ4v) is 1.35. The number of hydrogen-bond acceptors (Lipinski definition) is 6. The van der Waals surface area contributed by atoms with Gasteiger partial charge < -0.3 is 11.1 Å². The normalized spacial score (nSPS) is 9.53. The Morgan fingerprint density at radius 1 is 1.53 bits per heavy atom. The van der Waals surface area contributed by atoms with E-state index >= 15 is 0 Å². The van der Waals surface area contributed by atoms with Crippen LogP contribution in [0.3, 0.4) is 0 Å². The van der Waals surface area contributed by atoms with Crippen LogP contribution < -0.4 is 11.1 Å². The maximum Gasteiger partial charge on any atom is 0.253 e. The van der Waals surface area contributed by atoms with Crippen LogP contribution >= 0.6 is 0 Å². The van der Waals surface area contributed by atoms with E-state index in [1.165, 1.54) is 12.4 Å². The number of nitrogens with two attached hydrogens (primary N) is 1. The number of aromatic nitrogens is 5. The molecule has 0 saturated carbocycles. The first-order valence-corrected chi connectivity index (χ1v) is 5.44. The SMILES string of the molecule is NCC#Cc1cnccc1C(=O)NCc1nn[nH]n1. The molecule has 0 unspecified atom stereocenters. The molecule has 0 spiro atoms. The molecule has 0 aliphatic heterocycles. The smallest absolute Gasteiger partial charge is 0.253 e. The molecule has 8 nitrogen and oxygen atoms in total. The maximum atomic E-state index is 12.0. The maximum absolute atomic E-state index is 12.0. The Hall–Kier alpha value is -2.79. The number of pyridine rings is 1. The number of carbonyl (C=O) groups excluding carboxylic acids is 1. The van der Waals surface area contributed by atoms with Gasteiger partial charge in [0, 0.05) is 12.4 Å². The van der Waals surface area contributed by atoms with Crippen molar-refractivity contribution < 1.29 is 4.79 Å². The topological polar surface area (TPSA) is 122 Å². The number of aromatic amines is 1. The summed E-state index contributed by atoms with van der Waals surface area (Å²) in [4.78, 5) is 15.9. The van der Waals surface area contributed by atoms with Gasteiger partial charge in [-0.05, 0) is 6.07 Å². The summed E-state index contributed by atoms with van der Waals surface area (Å²) in [5.41, 5.74) is 6.26. The highest BCUT2D eigenvalue weighted by molar-refractivity contribution is 5.96. The second-order valence-corrected chi connectivity index (χ2v) is 3.44. The summed E-state index contributed by atoms with van der Waals surface area (Å²) in [6.45, 7) is 0.403. The van der Waals surface area contributed by atoms with Crippen LogP contribution in [0.5, 0.6) is 0 Å². The van der Waals surface area contributed by atoms with E-state index in [2.05, 4.69) is 42.8 Å². The van der Waals surface area contributed by atoms with Crippen LogP contribution in [0.15, 0.2) is 18.5 Å². The molecular weight excluding hydrogens is 246 g/mol. The third kappa shape index (κ3) is 3.34. The highest BCUT2D eigenvalue weighted by atomic mass is 16.1. The number of rotatable bonds is 3. The lowest BCUT2D eigenvalue weighted by Crippen LogP contribution is -2.24. The number of nitrogens with zero attached hydrogens (tertiary/aromatic N) is 4. The monoisotopic (exact) mass is 257 g/mol. The van der Waals surface area contributed by atoms with Gasteiger partial charge in [-0.1, -0.05) is 17.1 Å². The Kier molecular flexibility index (Phi) is 4.15. The van der Waals surface area contributed by atoms with Crippen molar-refractivity contribution in [2.75, 3.05) is 6.54 Å². The lowest BCUT2D eigenvalue weighted by Gasteiger charge is -2.04. The van der Waals surface area contributed by atoms with Crippen molar-refractivity contribution in [1.82, 2.24) is 30.9 Å². The van der Waals surface area contributed by atoms with Gasteiger partial charge in [-0.2, -0.15) is 5.21 Å². The molecular formula is C11H11N7O. The molecule has 19 heavy (non-hydrogen) atoms. The molecule has 2 aromatic rings. The minimum absolute atomic E-state index is 0.182. The molecule has 0 atom stereocenters. The Morgan fingerprint density at radius 2 is 2.42 bits per heavy atom. The summed E-state index contributed by atoms with van der Waals surface area (Å²) in [5, 5.41) is 15.8. The van der Waals surface area contributed by atoms with Crippen LogP contribution in [-0.2, 0) is 6.54 Å². The molecule has 2 aromatic heterocycles. The van der Waals surface area contributed by atoms with E-state index in [0.29, 0.717) is 17.0 Å². The minimum Gasteiger partial charge on any atom is -0.345 e. The van der Waals surface area contributed by atoms with Crippen molar-refractivity contribution >= 4 is 5.91 Å². The predicted molar refractivity (Wildman–Crippen MR) is 65.5 cm³/mol. The van der Waals surface area contributed by atoms with E-state index in [-0.39, 0.29) is 19.0 Å². The molecule has 8 heteroatoms. The van der Waals surface area contributed by atoms with Gasteiger partial charge in [0.2, 0.25) is 0 Å². The average Bonchev–Trinajstić information content (AvgIpc) is 2.96. The number of tetrazole rings is 1. The Bertz CT molecular complexity index is 611. The van der Waals surface area contributed by atoms with Crippen molar-refractivity contribution in [2.45, 2.75) is 6.54 Å². The Morgan fingerprint density at radius 3 is 3.16 bits per heavy atom. The van der Waals surface area contributed by atoms with E-state index in [1.807, 2.05) is 0 Å². The highest BCUT2D eigenvalue weighted by Gasteiger charge is 2.10. The van der Waals surface area contributed by atoms with Crippen molar-refractivity contribution in [3.8, 4) is 11.8 Å². The van der Waals surface area contributed by atoms with Gasteiger partial charge in [0.05, 0.1) is 24.2 Å². The van der Waals surface area contributed by atoms with E-state index in [4.69, 9.17) is 5.73 Å². The largest absolute Gasteiger partial charge is 0.345 e. The number of nitrogens with one attached hydrogen (secondary N) is 2. The third-order valence-corrected chi connectivity index (χ3v) is 2.19. The molecule has 2 rings (SSSR count). The van der Waals surface area contributed by atoms with Crippen LogP contribution in [0.25, 0.3) is 0 Å². The average molecular weight is 257 g/mol. The van der Waals surface area contributed by atoms with Gasteiger partial charge in [0.25, 0.3) is 5.91 Å².